The summed E-state index contributed by atoms with van der Waals surface area (Å²) >= 11 is 0. The third-order valence-corrected chi connectivity index (χ3v) is 3.26. The number of halogens is 4. The number of benzene rings is 1. The van der Waals surface area contributed by atoms with Gasteiger partial charge in [-0.1, -0.05) is 19.9 Å². The monoisotopic (exact) mass is 335 g/mol. The summed E-state index contributed by atoms with van der Waals surface area (Å²) < 4.78 is 56.9. The first-order chi connectivity index (χ1) is 10.6. The molecule has 0 saturated carbocycles. The highest BCUT2D eigenvalue weighted by Gasteiger charge is 2.33. The average Bonchev–Trinajstić information content (AvgIpc) is 2.44. The number of carbonyl (C=O) groups is 1. The van der Waals surface area contributed by atoms with Gasteiger partial charge >= 0.3 is 6.18 Å². The lowest BCUT2D eigenvalue weighted by molar-refractivity contribution is -0.139. The average molecular weight is 335 g/mol. The number of amides is 1. The van der Waals surface area contributed by atoms with Crippen LogP contribution in [0.5, 0.6) is 0 Å². The fourth-order valence-corrected chi connectivity index (χ4v) is 1.85. The fraction of sp³-hybridized carbons (Fsp3) is 0.562. The van der Waals surface area contributed by atoms with Gasteiger partial charge in [-0.15, -0.1) is 0 Å². The van der Waals surface area contributed by atoms with Crippen LogP contribution in [-0.2, 0) is 22.3 Å². The van der Waals surface area contributed by atoms with Crippen molar-refractivity contribution in [1.82, 2.24) is 5.32 Å². The quantitative estimate of drug-likeness (QED) is 0.767. The first-order valence-electron chi connectivity index (χ1n) is 7.36. The molecule has 0 bridgehead atoms. The maximum absolute atomic E-state index is 13.0. The van der Waals surface area contributed by atoms with Crippen LogP contribution in [0.2, 0.25) is 0 Å². The Morgan fingerprint density at radius 3 is 2.48 bits per heavy atom. The molecule has 0 spiro atoms. The molecule has 0 saturated heterocycles. The molecule has 3 nitrogen and oxygen atoms in total. The van der Waals surface area contributed by atoms with Gasteiger partial charge in [0.1, 0.15) is 11.9 Å². The van der Waals surface area contributed by atoms with E-state index in [2.05, 4.69) is 5.32 Å². The molecule has 23 heavy (non-hydrogen) atoms. The van der Waals surface area contributed by atoms with Crippen LogP contribution < -0.4 is 5.32 Å². The molecule has 7 heteroatoms. The van der Waals surface area contributed by atoms with E-state index in [1.54, 1.807) is 0 Å². The number of alkyl halides is 3. The Bertz CT molecular complexity index is 529. The third kappa shape index (κ3) is 6.56. The van der Waals surface area contributed by atoms with Crippen molar-refractivity contribution in [2.24, 2.45) is 5.92 Å². The van der Waals surface area contributed by atoms with E-state index < -0.39 is 29.6 Å². The van der Waals surface area contributed by atoms with Gasteiger partial charge in [0.15, 0.2) is 0 Å². The molecule has 0 aliphatic heterocycles. The summed E-state index contributed by atoms with van der Waals surface area (Å²) in [4.78, 5) is 11.8. The molecular weight excluding hydrogens is 314 g/mol. The summed E-state index contributed by atoms with van der Waals surface area (Å²) in [5, 5.41) is 2.38. The SMILES string of the molecule is CC(C)CCOC(C)C(=O)NCc1ccc(F)cc1C(F)(F)F. The van der Waals surface area contributed by atoms with Crippen LogP contribution in [0.1, 0.15) is 38.3 Å². The lowest BCUT2D eigenvalue weighted by Crippen LogP contribution is -2.34. The van der Waals surface area contributed by atoms with Crippen molar-refractivity contribution < 1.29 is 27.1 Å². The zero-order valence-electron chi connectivity index (χ0n) is 13.3. The number of carbonyl (C=O) groups excluding carboxylic acids is 1. The molecule has 1 N–H and O–H groups in total. The van der Waals surface area contributed by atoms with Gasteiger partial charge in [-0.2, -0.15) is 13.2 Å². The van der Waals surface area contributed by atoms with E-state index in [9.17, 15) is 22.4 Å². The molecule has 130 valence electrons. The Morgan fingerprint density at radius 1 is 1.26 bits per heavy atom. The van der Waals surface area contributed by atoms with Crippen LogP contribution in [0.3, 0.4) is 0 Å². The first-order valence-corrected chi connectivity index (χ1v) is 7.36. The Morgan fingerprint density at radius 2 is 1.91 bits per heavy atom. The van der Waals surface area contributed by atoms with Crippen LogP contribution in [0, 0.1) is 11.7 Å². The van der Waals surface area contributed by atoms with Gasteiger partial charge in [-0.05, 0) is 37.0 Å². The second-order valence-corrected chi connectivity index (χ2v) is 5.71. The minimum atomic E-state index is -4.68. The molecule has 0 aromatic heterocycles. The summed E-state index contributed by atoms with van der Waals surface area (Å²) in [5.74, 6) is -1.05. The predicted octanol–water partition coefficient (Wildman–Crippen LogP) is 3.91. The summed E-state index contributed by atoms with van der Waals surface area (Å²) in [5.41, 5.74) is -1.28. The van der Waals surface area contributed by atoms with Gasteiger partial charge in [0.05, 0.1) is 5.56 Å². The lowest BCUT2D eigenvalue weighted by atomic mass is 10.1. The topological polar surface area (TPSA) is 38.3 Å². The van der Waals surface area contributed by atoms with E-state index in [0.717, 1.165) is 18.6 Å². The molecule has 1 rings (SSSR count). The summed E-state index contributed by atoms with van der Waals surface area (Å²) in [6.45, 7) is 5.62. The summed E-state index contributed by atoms with van der Waals surface area (Å²) in [7, 11) is 0. The standard InChI is InChI=1S/C16H21F4NO2/c1-10(2)6-7-23-11(3)15(22)21-9-12-4-5-13(17)8-14(12)16(18,19)20/h4-5,8,10-11H,6-7,9H2,1-3H3,(H,21,22). The van der Waals surface area contributed by atoms with Crippen molar-refractivity contribution in [2.75, 3.05) is 6.61 Å². The minimum Gasteiger partial charge on any atom is -0.369 e. The molecule has 1 aromatic rings. The van der Waals surface area contributed by atoms with E-state index in [0.29, 0.717) is 18.6 Å². The number of hydrogen-bond acceptors (Lipinski definition) is 2. The number of ether oxygens (including phenoxy) is 1. The fourth-order valence-electron chi connectivity index (χ4n) is 1.85. The molecule has 0 aliphatic rings. The van der Waals surface area contributed by atoms with E-state index >= 15 is 0 Å². The first kappa shape index (κ1) is 19.4. The minimum absolute atomic E-state index is 0.193. The summed E-state index contributed by atoms with van der Waals surface area (Å²) in [6, 6.07) is 2.37. The highest BCUT2D eigenvalue weighted by molar-refractivity contribution is 5.80. The van der Waals surface area contributed by atoms with E-state index in [4.69, 9.17) is 4.74 Å². The van der Waals surface area contributed by atoms with Crippen molar-refractivity contribution in [3.8, 4) is 0 Å². The van der Waals surface area contributed by atoms with E-state index in [1.807, 2.05) is 13.8 Å². The molecule has 1 unspecified atom stereocenters. The Balaban J connectivity index is 2.62. The Kier molecular flexibility index (Phi) is 7.00. The molecule has 0 fully saturated rings. The lowest BCUT2D eigenvalue weighted by Gasteiger charge is -2.16. The molecule has 0 aliphatic carbocycles. The van der Waals surface area contributed by atoms with Crippen LogP contribution in [0.4, 0.5) is 17.6 Å². The number of nitrogens with one attached hydrogen (secondary N) is 1. The van der Waals surface area contributed by atoms with Crippen LogP contribution >= 0.6 is 0 Å². The van der Waals surface area contributed by atoms with E-state index in [-0.39, 0.29) is 12.1 Å². The predicted molar refractivity (Wildman–Crippen MR) is 78.1 cm³/mol. The second-order valence-electron chi connectivity index (χ2n) is 5.71. The number of rotatable bonds is 7. The molecular formula is C16H21F4NO2. The maximum Gasteiger partial charge on any atom is 0.416 e. The van der Waals surface area contributed by atoms with Gasteiger partial charge in [0, 0.05) is 13.2 Å². The van der Waals surface area contributed by atoms with Crippen molar-refractivity contribution in [3.05, 3.63) is 35.1 Å². The van der Waals surface area contributed by atoms with Crippen LogP contribution in [-0.4, -0.2) is 18.6 Å². The molecule has 1 atom stereocenters. The maximum atomic E-state index is 13.0. The zero-order valence-corrected chi connectivity index (χ0v) is 13.3. The van der Waals surface area contributed by atoms with E-state index in [1.165, 1.54) is 6.92 Å². The Labute approximate surface area is 133 Å². The second kappa shape index (κ2) is 8.29. The van der Waals surface area contributed by atoms with Gasteiger partial charge in [0.2, 0.25) is 5.91 Å². The highest BCUT2D eigenvalue weighted by Crippen LogP contribution is 2.32. The van der Waals surface area contributed by atoms with Crippen LogP contribution in [0.25, 0.3) is 0 Å². The van der Waals surface area contributed by atoms with Crippen molar-refractivity contribution in [1.29, 1.82) is 0 Å². The van der Waals surface area contributed by atoms with Crippen molar-refractivity contribution >= 4 is 5.91 Å². The van der Waals surface area contributed by atoms with Crippen molar-refractivity contribution in [2.45, 2.75) is 46.0 Å². The van der Waals surface area contributed by atoms with Crippen molar-refractivity contribution in [3.63, 3.8) is 0 Å². The van der Waals surface area contributed by atoms with Crippen LogP contribution in [0.15, 0.2) is 18.2 Å². The smallest absolute Gasteiger partial charge is 0.369 e. The zero-order chi connectivity index (χ0) is 17.6. The highest BCUT2D eigenvalue weighted by atomic mass is 19.4. The summed E-state index contributed by atoms with van der Waals surface area (Å²) in [6.07, 6.45) is -4.65. The third-order valence-electron chi connectivity index (χ3n) is 3.26. The van der Waals surface area contributed by atoms with Gasteiger partial charge in [-0.25, -0.2) is 4.39 Å². The molecule has 0 heterocycles. The molecule has 1 aromatic carbocycles. The number of hydrogen-bond donors (Lipinski definition) is 1. The van der Waals surface area contributed by atoms with Gasteiger partial charge in [-0.3, -0.25) is 4.79 Å². The van der Waals surface area contributed by atoms with Gasteiger partial charge < -0.3 is 10.1 Å². The largest absolute Gasteiger partial charge is 0.416 e. The molecule has 1 amide bonds. The Hall–Kier alpha value is -1.63. The molecule has 0 radical (unpaired) electrons. The normalized spacial score (nSPS) is 13.2. The van der Waals surface area contributed by atoms with Gasteiger partial charge in [0.25, 0.3) is 0 Å².